The van der Waals surface area contributed by atoms with Gasteiger partial charge in [0.05, 0.1) is 0 Å². The molecule has 1 aromatic carbocycles. The normalized spacial score (nSPS) is 17.6. The first-order valence-corrected chi connectivity index (χ1v) is 9.51. The van der Waals surface area contributed by atoms with Crippen LogP contribution in [0.15, 0.2) is 24.3 Å². The number of anilines is 1. The molecule has 134 valence electrons. The van der Waals surface area contributed by atoms with E-state index >= 15 is 0 Å². The molecule has 1 saturated heterocycles. The lowest BCUT2D eigenvalue weighted by Gasteiger charge is -2.39. The molecule has 1 atom stereocenters. The number of carbonyl (C=O) groups is 1. The minimum Gasteiger partial charge on any atom is -0.343 e. The Morgan fingerprint density at radius 3 is 2.76 bits per heavy atom. The number of rotatable bonds is 4. The molecule has 1 aromatic heterocycles. The van der Waals surface area contributed by atoms with Crippen LogP contribution in [0.1, 0.15) is 30.8 Å². The van der Waals surface area contributed by atoms with Crippen LogP contribution in [0, 0.1) is 6.92 Å². The molecule has 6 nitrogen and oxygen atoms in total. The van der Waals surface area contributed by atoms with Crippen LogP contribution in [0.5, 0.6) is 0 Å². The van der Waals surface area contributed by atoms with Gasteiger partial charge >= 0.3 is 6.03 Å². The number of urea groups is 1. The number of nitrogens with one attached hydrogen (secondary N) is 1. The van der Waals surface area contributed by atoms with E-state index in [-0.39, 0.29) is 12.1 Å². The topological polar surface area (TPSA) is 61.4 Å². The van der Waals surface area contributed by atoms with Crippen molar-refractivity contribution in [2.75, 3.05) is 31.1 Å². The maximum Gasteiger partial charge on any atom is 0.317 e. The zero-order valence-electron chi connectivity index (χ0n) is 15.0. The van der Waals surface area contributed by atoms with E-state index in [2.05, 4.69) is 52.7 Å². The number of benzene rings is 1. The molecular formula is C18H25N5OS. The summed E-state index contributed by atoms with van der Waals surface area (Å²) < 4.78 is 4.51. The summed E-state index contributed by atoms with van der Waals surface area (Å²) >= 11 is 1.45. The summed E-state index contributed by atoms with van der Waals surface area (Å²) in [6, 6.07) is 8.67. The van der Waals surface area contributed by atoms with Gasteiger partial charge in [-0.25, -0.2) is 9.78 Å². The van der Waals surface area contributed by atoms with Gasteiger partial charge < -0.3 is 15.1 Å². The number of aromatic nitrogens is 2. The fraction of sp³-hybridized carbons (Fsp3) is 0.500. The SMILES string of the molecule is CCNC(=O)N1CCN(c2nc(Cc3ccc(C)cc3)ns2)C[C@H]1C. The highest BCUT2D eigenvalue weighted by atomic mass is 32.1. The maximum absolute atomic E-state index is 12.1. The zero-order valence-corrected chi connectivity index (χ0v) is 15.8. The summed E-state index contributed by atoms with van der Waals surface area (Å²) in [6.07, 6.45) is 0.755. The molecule has 2 amide bonds. The molecule has 0 bridgehead atoms. The lowest BCUT2D eigenvalue weighted by atomic mass is 10.1. The van der Waals surface area contributed by atoms with Gasteiger partial charge in [-0.05, 0) is 26.3 Å². The van der Waals surface area contributed by atoms with Crippen molar-refractivity contribution in [2.45, 2.75) is 33.2 Å². The number of aryl methyl sites for hydroxylation is 1. The fourth-order valence-electron chi connectivity index (χ4n) is 3.02. The number of piperazine rings is 1. The lowest BCUT2D eigenvalue weighted by molar-refractivity contribution is 0.172. The van der Waals surface area contributed by atoms with E-state index in [1.807, 2.05) is 11.8 Å². The Morgan fingerprint density at radius 1 is 1.32 bits per heavy atom. The zero-order chi connectivity index (χ0) is 17.8. The molecule has 1 fully saturated rings. The number of nitrogens with zero attached hydrogens (tertiary/aromatic N) is 4. The van der Waals surface area contributed by atoms with Crippen LogP contribution in [-0.2, 0) is 6.42 Å². The summed E-state index contributed by atoms with van der Waals surface area (Å²) in [5, 5.41) is 3.83. The minimum atomic E-state index is 0.0203. The van der Waals surface area contributed by atoms with Crippen LogP contribution >= 0.6 is 11.5 Å². The van der Waals surface area contributed by atoms with Gasteiger partial charge in [-0.3, -0.25) is 0 Å². The fourth-order valence-corrected chi connectivity index (χ4v) is 3.74. The Kier molecular flexibility index (Phi) is 5.53. The molecule has 0 unspecified atom stereocenters. The smallest absolute Gasteiger partial charge is 0.317 e. The van der Waals surface area contributed by atoms with Crippen LogP contribution in [0.2, 0.25) is 0 Å². The third kappa shape index (κ3) is 4.28. The third-order valence-electron chi connectivity index (χ3n) is 4.43. The Hall–Kier alpha value is -2.15. The molecule has 7 heteroatoms. The van der Waals surface area contributed by atoms with E-state index in [4.69, 9.17) is 4.98 Å². The Labute approximate surface area is 153 Å². The van der Waals surface area contributed by atoms with Crippen molar-refractivity contribution < 1.29 is 4.79 Å². The van der Waals surface area contributed by atoms with E-state index in [1.54, 1.807) is 0 Å². The van der Waals surface area contributed by atoms with Crippen molar-refractivity contribution in [3.05, 3.63) is 41.2 Å². The van der Waals surface area contributed by atoms with Gasteiger partial charge in [-0.2, -0.15) is 4.37 Å². The van der Waals surface area contributed by atoms with Gasteiger partial charge in [-0.1, -0.05) is 29.8 Å². The maximum atomic E-state index is 12.1. The molecule has 25 heavy (non-hydrogen) atoms. The highest BCUT2D eigenvalue weighted by molar-refractivity contribution is 7.09. The average Bonchev–Trinajstić information content (AvgIpc) is 3.05. The van der Waals surface area contributed by atoms with Crippen molar-refractivity contribution >= 4 is 22.7 Å². The first-order valence-electron chi connectivity index (χ1n) is 8.74. The molecule has 0 radical (unpaired) electrons. The van der Waals surface area contributed by atoms with Crippen LogP contribution < -0.4 is 10.2 Å². The Bertz CT molecular complexity index is 715. The minimum absolute atomic E-state index is 0.0203. The van der Waals surface area contributed by atoms with Gasteiger partial charge in [0.1, 0.15) is 5.82 Å². The average molecular weight is 359 g/mol. The van der Waals surface area contributed by atoms with Crippen molar-refractivity contribution in [3.8, 4) is 0 Å². The summed E-state index contributed by atoms with van der Waals surface area (Å²) in [7, 11) is 0. The number of hydrogen-bond donors (Lipinski definition) is 1. The Morgan fingerprint density at radius 2 is 2.08 bits per heavy atom. The van der Waals surface area contributed by atoms with Gasteiger partial charge in [0.25, 0.3) is 0 Å². The molecule has 0 saturated carbocycles. The van der Waals surface area contributed by atoms with E-state index in [1.165, 1.54) is 22.7 Å². The second-order valence-corrected chi connectivity index (χ2v) is 7.21. The molecule has 0 aliphatic carbocycles. The number of carbonyl (C=O) groups excluding carboxylic acids is 1. The van der Waals surface area contributed by atoms with E-state index < -0.39 is 0 Å². The number of amides is 2. The van der Waals surface area contributed by atoms with Gasteiger partial charge in [-0.15, -0.1) is 0 Å². The molecule has 2 aromatic rings. The quantitative estimate of drug-likeness (QED) is 0.912. The van der Waals surface area contributed by atoms with Crippen LogP contribution in [0.4, 0.5) is 9.93 Å². The van der Waals surface area contributed by atoms with Crippen LogP contribution in [0.25, 0.3) is 0 Å². The predicted molar refractivity (Wildman–Crippen MR) is 101 cm³/mol. The summed E-state index contributed by atoms with van der Waals surface area (Å²) in [5.74, 6) is 0.864. The highest BCUT2D eigenvalue weighted by Crippen LogP contribution is 2.22. The van der Waals surface area contributed by atoms with Gasteiger partial charge in [0, 0.05) is 50.2 Å². The second kappa shape index (κ2) is 7.82. The Balaban J connectivity index is 1.61. The molecular weight excluding hydrogens is 334 g/mol. The van der Waals surface area contributed by atoms with Gasteiger partial charge in [0.2, 0.25) is 5.13 Å². The largest absolute Gasteiger partial charge is 0.343 e. The van der Waals surface area contributed by atoms with E-state index in [0.29, 0.717) is 13.1 Å². The van der Waals surface area contributed by atoms with Crippen molar-refractivity contribution in [2.24, 2.45) is 0 Å². The molecule has 3 rings (SSSR count). The van der Waals surface area contributed by atoms with E-state index in [0.717, 1.165) is 30.5 Å². The molecule has 0 spiro atoms. The van der Waals surface area contributed by atoms with Crippen LogP contribution in [-0.4, -0.2) is 52.5 Å². The number of hydrogen-bond acceptors (Lipinski definition) is 5. The molecule has 1 aliphatic rings. The second-order valence-electron chi connectivity index (χ2n) is 6.48. The first-order chi connectivity index (χ1) is 12.1. The third-order valence-corrected chi connectivity index (χ3v) is 5.24. The summed E-state index contributed by atoms with van der Waals surface area (Å²) in [5.41, 5.74) is 2.49. The van der Waals surface area contributed by atoms with Crippen molar-refractivity contribution in [1.29, 1.82) is 0 Å². The van der Waals surface area contributed by atoms with Crippen molar-refractivity contribution in [1.82, 2.24) is 19.6 Å². The lowest BCUT2D eigenvalue weighted by Crippen LogP contribution is -2.56. The molecule has 1 aliphatic heterocycles. The first kappa shape index (κ1) is 17.7. The van der Waals surface area contributed by atoms with Gasteiger partial charge in [0.15, 0.2) is 0 Å². The standard InChI is InChI=1S/C18H25N5OS/c1-4-19-17(24)23-10-9-22(12-14(23)3)18-20-16(21-25-18)11-15-7-5-13(2)6-8-15/h5-8,14H,4,9-12H2,1-3H3,(H,19,24)/t14-/m1/s1. The summed E-state index contributed by atoms with van der Waals surface area (Å²) in [6.45, 7) is 9.05. The summed E-state index contributed by atoms with van der Waals surface area (Å²) in [4.78, 5) is 20.9. The van der Waals surface area contributed by atoms with Crippen molar-refractivity contribution in [3.63, 3.8) is 0 Å². The van der Waals surface area contributed by atoms with E-state index in [9.17, 15) is 4.79 Å². The highest BCUT2D eigenvalue weighted by Gasteiger charge is 2.28. The molecule has 1 N–H and O–H groups in total. The molecule has 2 heterocycles. The predicted octanol–water partition coefficient (Wildman–Crippen LogP) is 2.68. The monoisotopic (exact) mass is 359 g/mol. The van der Waals surface area contributed by atoms with Crippen LogP contribution in [0.3, 0.4) is 0 Å².